The van der Waals surface area contributed by atoms with Crippen molar-refractivity contribution in [2.24, 2.45) is 0 Å². The van der Waals surface area contributed by atoms with E-state index >= 15 is 0 Å². The second kappa shape index (κ2) is 9.00. The molecule has 1 aliphatic rings. The Balaban J connectivity index is 1.18. The van der Waals surface area contributed by atoms with E-state index in [1.165, 1.54) is 11.8 Å². The highest BCUT2D eigenvalue weighted by Gasteiger charge is 2.20. The molecule has 9 heteroatoms. The van der Waals surface area contributed by atoms with E-state index < -0.39 is 9.84 Å². The van der Waals surface area contributed by atoms with Gasteiger partial charge in [-0.05, 0) is 54.1 Å². The number of nitrogens with zero attached hydrogens (tertiary/aromatic N) is 5. The van der Waals surface area contributed by atoms with E-state index in [0.717, 1.165) is 71.9 Å². The molecule has 1 aliphatic heterocycles. The molecule has 0 amide bonds. The van der Waals surface area contributed by atoms with Crippen LogP contribution in [0.25, 0.3) is 33.5 Å². The number of sulfone groups is 1. The first kappa shape index (κ1) is 22.6. The molecule has 1 fully saturated rings. The monoisotopic (exact) mass is 498 g/mol. The summed E-state index contributed by atoms with van der Waals surface area (Å²) >= 11 is 0. The fourth-order valence-electron chi connectivity index (χ4n) is 4.78. The second-order valence-electron chi connectivity index (χ2n) is 9.20. The largest absolute Gasteiger partial charge is 0.367 e. The van der Waals surface area contributed by atoms with Gasteiger partial charge in [0.1, 0.15) is 11.3 Å². The third-order valence-electron chi connectivity index (χ3n) is 6.70. The number of H-pyrrole nitrogens is 1. The van der Waals surface area contributed by atoms with E-state index in [4.69, 9.17) is 4.98 Å². The number of anilines is 1. The highest BCUT2D eigenvalue weighted by atomic mass is 32.2. The van der Waals surface area contributed by atoms with Gasteiger partial charge in [-0.1, -0.05) is 12.1 Å². The summed E-state index contributed by atoms with van der Waals surface area (Å²) in [5.74, 6) is 0.732. The Bertz CT molecular complexity index is 1660. The molecule has 3 heterocycles. The second-order valence-corrected chi connectivity index (χ2v) is 11.2. The zero-order valence-corrected chi connectivity index (χ0v) is 20.7. The van der Waals surface area contributed by atoms with Crippen LogP contribution in [0.15, 0.2) is 78.0 Å². The zero-order chi connectivity index (χ0) is 24.7. The normalized spacial score (nSPS) is 15.1. The number of para-hydroxylation sites is 1. The van der Waals surface area contributed by atoms with E-state index in [9.17, 15) is 8.42 Å². The summed E-state index contributed by atoms with van der Waals surface area (Å²) in [6.07, 6.45) is 4.67. The van der Waals surface area contributed by atoms with Crippen molar-refractivity contribution in [1.82, 2.24) is 24.8 Å². The molecule has 182 valence electrons. The lowest BCUT2D eigenvalue weighted by molar-refractivity contribution is 0.250. The summed E-state index contributed by atoms with van der Waals surface area (Å²) in [7, 11) is -3.23. The number of aromatic nitrogens is 4. The molecule has 0 atom stereocenters. The van der Waals surface area contributed by atoms with Crippen LogP contribution in [0.5, 0.6) is 0 Å². The third kappa shape index (κ3) is 4.43. The van der Waals surface area contributed by atoms with Crippen molar-refractivity contribution >= 4 is 37.6 Å². The van der Waals surface area contributed by atoms with E-state index in [1.54, 1.807) is 36.7 Å². The van der Waals surface area contributed by atoms with Crippen molar-refractivity contribution in [2.75, 3.05) is 37.3 Å². The average Bonchev–Trinajstić information content (AvgIpc) is 3.33. The maximum Gasteiger partial charge on any atom is 0.175 e. The van der Waals surface area contributed by atoms with Gasteiger partial charge in [0.05, 0.1) is 27.1 Å². The van der Waals surface area contributed by atoms with Gasteiger partial charge >= 0.3 is 0 Å². The molecule has 1 N–H and O–H groups in total. The number of nitrogens with one attached hydrogen (secondary N) is 1. The number of hydrogen-bond donors (Lipinski definition) is 1. The van der Waals surface area contributed by atoms with Gasteiger partial charge in [0.25, 0.3) is 0 Å². The van der Waals surface area contributed by atoms with Crippen molar-refractivity contribution in [1.29, 1.82) is 0 Å². The van der Waals surface area contributed by atoms with Gasteiger partial charge in [0.2, 0.25) is 0 Å². The zero-order valence-electron chi connectivity index (χ0n) is 19.9. The molecule has 0 spiro atoms. The maximum absolute atomic E-state index is 11.8. The number of piperazine rings is 1. The summed E-state index contributed by atoms with van der Waals surface area (Å²) in [6.45, 7) is 4.63. The van der Waals surface area contributed by atoms with Crippen molar-refractivity contribution in [3.05, 3.63) is 78.6 Å². The van der Waals surface area contributed by atoms with E-state index in [-0.39, 0.29) is 0 Å². The minimum atomic E-state index is -3.23. The SMILES string of the molecule is CS(=O)(=O)c1ccc(-c2nc3c(N4CCN(Cc5ccc6nccnc6c5)CC4)cccc3[nH]2)cc1. The number of benzene rings is 3. The molecule has 0 radical (unpaired) electrons. The van der Waals surface area contributed by atoms with Crippen molar-refractivity contribution in [2.45, 2.75) is 11.4 Å². The van der Waals surface area contributed by atoms with Crippen LogP contribution < -0.4 is 4.90 Å². The standard InChI is InChI=1S/C27H26N6O2S/c1-36(34,35)21-8-6-20(7-9-21)27-30-23-3-2-4-25(26(23)31-27)33-15-13-32(14-16-33)18-19-5-10-22-24(17-19)29-12-11-28-22/h2-12,17H,13-16,18H2,1H3,(H,30,31). The molecule has 2 aromatic heterocycles. The summed E-state index contributed by atoms with van der Waals surface area (Å²) in [6, 6.07) is 19.3. The van der Waals surface area contributed by atoms with Gasteiger partial charge in [0, 0.05) is 56.9 Å². The van der Waals surface area contributed by atoms with Crippen LogP contribution in [0.2, 0.25) is 0 Å². The van der Waals surface area contributed by atoms with Crippen LogP contribution >= 0.6 is 0 Å². The fraction of sp³-hybridized carbons (Fsp3) is 0.222. The maximum atomic E-state index is 11.8. The average molecular weight is 499 g/mol. The lowest BCUT2D eigenvalue weighted by Crippen LogP contribution is -2.46. The van der Waals surface area contributed by atoms with Crippen LogP contribution in [0, 0.1) is 0 Å². The Kier molecular flexibility index (Phi) is 5.66. The molecular weight excluding hydrogens is 472 g/mol. The number of fused-ring (bicyclic) bond motifs is 2. The smallest absolute Gasteiger partial charge is 0.175 e. The lowest BCUT2D eigenvalue weighted by Gasteiger charge is -2.36. The highest BCUT2D eigenvalue weighted by molar-refractivity contribution is 7.90. The van der Waals surface area contributed by atoms with Crippen LogP contribution in [0.1, 0.15) is 5.56 Å². The van der Waals surface area contributed by atoms with Gasteiger partial charge < -0.3 is 9.88 Å². The number of hydrogen-bond acceptors (Lipinski definition) is 7. The molecular formula is C27H26N6O2S. The van der Waals surface area contributed by atoms with Gasteiger partial charge in [-0.2, -0.15) is 0 Å². The Morgan fingerprint density at radius 3 is 2.39 bits per heavy atom. The van der Waals surface area contributed by atoms with E-state index in [1.807, 2.05) is 12.1 Å². The highest BCUT2D eigenvalue weighted by Crippen LogP contribution is 2.29. The molecule has 1 saturated heterocycles. The van der Waals surface area contributed by atoms with Crippen molar-refractivity contribution < 1.29 is 8.42 Å². The summed E-state index contributed by atoms with van der Waals surface area (Å²) in [5, 5.41) is 0. The van der Waals surface area contributed by atoms with Gasteiger partial charge in [0.15, 0.2) is 9.84 Å². The summed E-state index contributed by atoms with van der Waals surface area (Å²) in [5.41, 5.74) is 6.97. The van der Waals surface area contributed by atoms with Gasteiger partial charge in [-0.25, -0.2) is 13.4 Å². The van der Waals surface area contributed by atoms with Crippen LogP contribution in [0.3, 0.4) is 0 Å². The van der Waals surface area contributed by atoms with Gasteiger partial charge in [-0.15, -0.1) is 0 Å². The Hall–Kier alpha value is -3.82. The van der Waals surface area contributed by atoms with Gasteiger partial charge in [-0.3, -0.25) is 14.9 Å². The topological polar surface area (TPSA) is 95.1 Å². The first-order chi connectivity index (χ1) is 17.4. The Labute approximate surface area is 209 Å². The first-order valence-electron chi connectivity index (χ1n) is 11.9. The molecule has 36 heavy (non-hydrogen) atoms. The van der Waals surface area contributed by atoms with E-state index in [0.29, 0.717) is 4.90 Å². The quantitative estimate of drug-likeness (QED) is 0.393. The molecule has 0 unspecified atom stereocenters. The Morgan fingerprint density at radius 1 is 0.889 bits per heavy atom. The summed E-state index contributed by atoms with van der Waals surface area (Å²) < 4.78 is 23.6. The predicted molar refractivity (Wildman–Crippen MR) is 142 cm³/mol. The fourth-order valence-corrected chi connectivity index (χ4v) is 5.41. The lowest BCUT2D eigenvalue weighted by atomic mass is 10.1. The predicted octanol–water partition coefficient (Wildman–Crippen LogP) is 3.90. The third-order valence-corrected chi connectivity index (χ3v) is 7.83. The number of imidazole rings is 1. The number of aromatic amines is 1. The molecule has 8 nitrogen and oxygen atoms in total. The van der Waals surface area contributed by atoms with Crippen molar-refractivity contribution in [3.63, 3.8) is 0 Å². The molecule has 5 aromatic rings. The molecule has 0 bridgehead atoms. The molecule has 0 aliphatic carbocycles. The molecule has 6 rings (SSSR count). The molecule has 0 saturated carbocycles. The first-order valence-corrected chi connectivity index (χ1v) is 13.8. The minimum absolute atomic E-state index is 0.303. The van der Waals surface area contributed by atoms with E-state index in [2.05, 4.69) is 49.0 Å². The summed E-state index contributed by atoms with van der Waals surface area (Å²) in [4.78, 5) is 22.2. The minimum Gasteiger partial charge on any atom is -0.367 e. The number of rotatable bonds is 5. The Morgan fingerprint density at radius 2 is 1.64 bits per heavy atom. The van der Waals surface area contributed by atoms with Crippen LogP contribution in [-0.4, -0.2) is 65.7 Å². The molecule has 3 aromatic carbocycles. The van der Waals surface area contributed by atoms with Crippen molar-refractivity contribution in [3.8, 4) is 11.4 Å². The van der Waals surface area contributed by atoms with Crippen LogP contribution in [-0.2, 0) is 16.4 Å². The van der Waals surface area contributed by atoms with Crippen LogP contribution in [0.4, 0.5) is 5.69 Å².